The van der Waals surface area contributed by atoms with Crippen LogP contribution in [0.5, 0.6) is 0 Å². The fraction of sp³-hybridized carbons (Fsp3) is 0.917. The van der Waals surface area contributed by atoms with Gasteiger partial charge in [-0.2, -0.15) is 0 Å². The van der Waals surface area contributed by atoms with Crippen LogP contribution < -0.4 is 10.6 Å². The van der Waals surface area contributed by atoms with Crippen LogP contribution in [0.2, 0.25) is 0 Å². The summed E-state index contributed by atoms with van der Waals surface area (Å²) in [5.74, 6) is 0.0147. The van der Waals surface area contributed by atoms with E-state index < -0.39 is 0 Å². The molecule has 1 aliphatic rings. The number of nitrogens with one attached hydrogen (secondary N) is 2. The van der Waals surface area contributed by atoms with Crippen molar-refractivity contribution in [3.63, 3.8) is 0 Å². The van der Waals surface area contributed by atoms with Gasteiger partial charge in [-0.05, 0) is 26.8 Å². The molecule has 0 aromatic heterocycles. The van der Waals surface area contributed by atoms with Gasteiger partial charge in [0.05, 0.1) is 12.6 Å². The Morgan fingerprint density at radius 3 is 2.50 bits per heavy atom. The molecule has 4 heteroatoms. The lowest BCUT2D eigenvalue weighted by atomic mass is 9.74. The van der Waals surface area contributed by atoms with Gasteiger partial charge < -0.3 is 15.7 Å². The van der Waals surface area contributed by atoms with E-state index in [1.807, 2.05) is 6.92 Å². The van der Waals surface area contributed by atoms with Crippen molar-refractivity contribution in [1.82, 2.24) is 10.6 Å². The molecule has 1 amide bonds. The summed E-state index contributed by atoms with van der Waals surface area (Å²) >= 11 is 0. The molecule has 3 N–H and O–H groups in total. The van der Waals surface area contributed by atoms with Crippen molar-refractivity contribution >= 4 is 5.91 Å². The van der Waals surface area contributed by atoms with Gasteiger partial charge in [-0.25, -0.2) is 0 Å². The van der Waals surface area contributed by atoms with Gasteiger partial charge in [-0.15, -0.1) is 0 Å². The van der Waals surface area contributed by atoms with Crippen LogP contribution >= 0.6 is 0 Å². The van der Waals surface area contributed by atoms with Crippen LogP contribution in [0.3, 0.4) is 0 Å². The summed E-state index contributed by atoms with van der Waals surface area (Å²) in [6.07, 6.45) is 5.63. The van der Waals surface area contributed by atoms with Crippen LogP contribution in [0.15, 0.2) is 0 Å². The van der Waals surface area contributed by atoms with Gasteiger partial charge >= 0.3 is 0 Å². The van der Waals surface area contributed by atoms with E-state index >= 15 is 0 Å². The number of carbonyl (C=O) groups is 1. The summed E-state index contributed by atoms with van der Waals surface area (Å²) in [6, 6.07) is -0.167. The fourth-order valence-electron chi connectivity index (χ4n) is 2.25. The highest BCUT2D eigenvalue weighted by Crippen LogP contribution is 2.35. The minimum absolute atomic E-state index is 0.0147. The largest absolute Gasteiger partial charge is 0.396 e. The number of likely N-dealkylation sites (N-methyl/N-ethyl adjacent to an activating group) is 1. The second-order valence-corrected chi connectivity index (χ2v) is 4.95. The van der Waals surface area contributed by atoms with Crippen molar-refractivity contribution in [2.75, 3.05) is 20.2 Å². The van der Waals surface area contributed by atoms with Crippen LogP contribution in [-0.2, 0) is 4.79 Å². The van der Waals surface area contributed by atoms with Gasteiger partial charge in [0, 0.05) is 12.0 Å². The maximum atomic E-state index is 11.6. The van der Waals surface area contributed by atoms with Crippen LogP contribution in [0.4, 0.5) is 0 Å². The van der Waals surface area contributed by atoms with Crippen molar-refractivity contribution < 1.29 is 9.90 Å². The maximum absolute atomic E-state index is 11.6. The molecule has 0 spiro atoms. The predicted molar refractivity (Wildman–Crippen MR) is 64.1 cm³/mol. The molecular formula is C12H24N2O2. The van der Waals surface area contributed by atoms with Gasteiger partial charge in [0.15, 0.2) is 0 Å². The second kappa shape index (κ2) is 6.21. The second-order valence-electron chi connectivity index (χ2n) is 4.95. The summed E-state index contributed by atoms with van der Waals surface area (Å²) in [6.45, 7) is 2.62. The van der Waals surface area contributed by atoms with Crippen molar-refractivity contribution in [1.29, 1.82) is 0 Å². The zero-order valence-electron chi connectivity index (χ0n) is 10.4. The van der Waals surface area contributed by atoms with E-state index in [0.717, 1.165) is 25.7 Å². The Bertz CT molecular complexity index is 225. The molecule has 0 aromatic rings. The SMILES string of the molecule is CNC(C)C(=O)NCC1(CO)CCCCC1. The number of amides is 1. The third-order valence-corrected chi connectivity index (χ3v) is 3.71. The highest BCUT2D eigenvalue weighted by molar-refractivity contribution is 5.81. The standard InChI is InChI=1S/C12H24N2O2/c1-10(13-2)11(16)14-8-12(9-15)6-4-3-5-7-12/h10,13,15H,3-9H2,1-2H3,(H,14,16). The highest BCUT2D eigenvalue weighted by atomic mass is 16.3. The molecule has 0 saturated heterocycles. The Balaban J connectivity index is 2.41. The minimum atomic E-state index is -0.167. The molecule has 0 aromatic carbocycles. The average molecular weight is 228 g/mol. The lowest BCUT2D eigenvalue weighted by Crippen LogP contribution is -2.47. The monoisotopic (exact) mass is 228 g/mol. The number of hydrogen-bond acceptors (Lipinski definition) is 3. The van der Waals surface area contributed by atoms with Crippen molar-refractivity contribution in [2.45, 2.75) is 45.1 Å². The van der Waals surface area contributed by atoms with Crippen LogP contribution in [0.25, 0.3) is 0 Å². The molecule has 1 unspecified atom stereocenters. The van der Waals surface area contributed by atoms with Gasteiger partial charge in [0.2, 0.25) is 5.91 Å². The molecule has 4 nitrogen and oxygen atoms in total. The van der Waals surface area contributed by atoms with Crippen molar-refractivity contribution in [3.8, 4) is 0 Å². The third-order valence-electron chi connectivity index (χ3n) is 3.71. The first-order chi connectivity index (χ1) is 7.63. The van der Waals surface area contributed by atoms with Crippen molar-refractivity contribution in [3.05, 3.63) is 0 Å². The lowest BCUT2D eigenvalue weighted by molar-refractivity contribution is -0.123. The zero-order chi connectivity index (χ0) is 12.0. The summed E-state index contributed by atoms with van der Waals surface area (Å²) in [5, 5.41) is 15.3. The van der Waals surface area contributed by atoms with E-state index in [4.69, 9.17) is 0 Å². The van der Waals surface area contributed by atoms with E-state index in [9.17, 15) is 9.90 Å². The Kier molecular flexibility index (Phi) is 5.22. The number of aliphatic hydroxyl groups is 1. The molecule has 1 atom stereocenters. The smallest absolute Gasteiger partial charge is 0.236 e. The summed E-state index contributed by atoms with van der Waals surface area (Å²) in [4.78, 5) is 11.6. The van der Waals surface area contributed by atoms with Crippen LogP contribution in [0, 0.1) is 5.41 Å². The molecule has 1 rings (SSSR count). The fourth-order valence-corrected chi connectivity index (χ4v) is 2.25. The number of aliphatic hydroxyl groups excluding tert-OH is 1. The zero-order valence-corrected chi connectivity index (χ0v) is 10.4. The lowest BCUT2D eigenvalue weighted by Gasteiger charge is -2.35. The van der Waals surface area contributed by atoms with Crippen molar-refractivity contribution in [2.24, 2.45) is 5.41 Å². The Hall–Kier alpha value is -0.610. The van der Waals surface area contributed by atoms with E-state index in [1.165, 1.54) is 6.42 Å². The topological polar surface area (TPSA) is 61.4 Å². The first kappa shape index (κ1) is 13.5. The highest BCUT2D eigenvalue weighted by Gasteiger charge is 2.31. The van der Waals surface area contributed by atoms with Crippen LogP contribution in [-0.4, -0.2) is 37.3 Å². The molecule has 0 aliphatic heterocycles. The van der Waals surface area contributed by atoms with Gasteiger partial charge in [-0.1, -0.05) is 19.3 Å². The van der Waals surface area contributed by atoms with Gasteiger partial charge in [-0.3, -0.25) is 4.79 Å². The summed E-state index contributed by atoms with van der Waals surface area (Å²) in [5.41, 5.74) is -0.0681. The van der Waals surface area contributed by atoms with E-state index in [1.54, 1.807) is 7.05 Å². The van der Waals surface area contributed by atoms with E-state index in [2.05, 4.69) is 10.6 Å². The first-order valence-electron chi connectivity index (χ1n) is 6.19. The third kappa shape index (κ3) is 3.46. The number of hydrogen-bond donors (Lipinski definition) is 3. The Morgan fingerprint density at radius 1 is 1.38 bits per heavy atom. The normalized spacial score (nSPS) is 21.4. The molecule has 94 valence electrons. The van der Waals surface area contributed by atoms with Gasteiger partial charge in [0.25, 0.3) is 0 Å². The molecule has 0 bridgehead atoms. The Labute approximate surface area is 97.8 Å². The Morgan fingerprint density at radius 2 is 2.00 bits per heavy atom. The van der Waals surface area contributed by atoms with E-state index in [-0.39, 0.29) is 24.0 Å². The maximum Gasteiger partial charge on any atom is 0.236 e. The molecule has 0 heterocycles. The molecule has 0 radical (unpaired) electrons. The molecular weight excluding hydrogens is 204 g/mol. The number of carbonyl (C=O) groups excluding carboxylic acids is 1. The molecule has 1 saturated carbocycles. The van der Waals surface area contributed by atoms with Gasteiger partial charge in [0.1, 0.15) is 0 Å². The number of rotatable bonds is 5. The summed E-state index contributed by atoms with van der Waals surface area (Å²) < 4.78 is 0. The quantitative estimate of drug-likeness (QED) is 0.647. The molecule has 1 aliphatic carbocycles. The minimum Gasteiger partial charge on any atom is -0.396 e. The van der Waals surface area contributed by atoms with E-state index in [0.29, 0.717) is 6.54 Å². The summed E-state index contributed by atoms with van der Waals surface area (Å²) in [7, 11) is 1.77. The van der Waals surface area contributed by atoms with Crippen LogP contribution in [0.1, 0.15) is 39.0 Å². The average Bonchev–Trinajstić information content (AvgIpc) is 2.36. The molecule has 16 heavy (non-hydrogen) atoms. The molecule has 1 fully saturated rings. The predicted octanol–water partition coefficient (Wildman–Crippen LogP) is 0.653. The first-order valence-corrected chi connectivity index (χ1v) is 6.19.